The highest BCUT2D eigenvalue weighted by molar-refractivity contribution is 8.00. The largest absolute Gasteiger partial charge is 0.468 e. The van der Waals surface area contributed by atoms with Gasteiger partial charge in [-0.1, -0.05) is 6.92 Å². The van der Waals surface area contributed by atoms with Crippen LogP contribution in [0.25, 0.3) is 0 Å². The van der Waals surface area contributed by atoms with Crippen LogP contribution < -0.4 is 0 Å². The van der Waals surface area contributed by atoms with Crippen LogP contribution >= 0.6 is 11.8 Å². The highest BCUT2D eigenvalue weighted by atomic mass is 32.2. The SMILES string of the molecule is COC(=O)CSc1ccc(S(=O)(=O)N2CCC(C)CC2)cc1[N+](=O)[O-]. The Hall–Kier alpha value is -1.65. The van der Waals surface area contributed by atoms with Gasteiger partial charge in [0.05, 0.1) is 27.6 Å². The first kappa shape index (κ1) is 19.7. The zero-order valence-corrected chi connectivity index (χ0v) is 15.6. The highest BCUT2D eigenvalue weighted by Crippen LogP contribution is 2.33. The van der Waals surface area contributed by atoms with Crippen molar-refractivity contribution in [2.24, 2.45) is 5.92 Å². The Morgan fingerprint density at radius 2 is 2.04 bits per heavy atom. The average Bonchev–Trinajstić information content (AvgIpc) is 2.59. The van der Waals surface area contributed by atoms with Gasteiger partial charge >= 0.3 is 5.97 Å². The summed E-state index contributed by atoms with van der Waals surface area (Å²) >= 11 is 0.939. The molecular formula is C15H20N2O6S2. The predicted octanol–water partition coefficient (Wildman–Crippen LogP) is 2.28. The normalized spacial score (nSPS) is 16.6. The summed E-state index contributed by atoms with van der Waals surface area (Å²) in [5.41, 5.74) is -0.333. The van der Waals surface area contributed by atoms with E-state index in [0.29, 0.717) is 19.0 Å². The molecule has 1 aliphatic heterocycles. The summed E-state index contributed by atoms with van der Waals surface area (Å²) in [4.78, 5) is 22.0. The highest BCUT2D eigenvalue weighted by Gasteiger charge is 2.30. The van der Waals surface area contributed by atoms with Crippen LogP contribution in [-0.4, -0.2) is 49.6 Å². The van der Waals surface area contributed by atoms with Gasteiger partial charge in [0.2, 0.25) is 10.0 Å². The number of esters is 1. The number of methoxy groups -OCH3 is 1. The Kier molecular flexibility index (Phi) is 6.42. The fourth-order valence-electron chi connectivity index (χ4n) is 2.49. The Bertz CT molecular complexity index is 757. The molecule has 0 atom stereocenters. The van der Waals surface area contributed by atoms with Crippen molar-refractivity contribution in [2.45, 2.75) is 29.6 Å². The van der Waals surface area contributed by atoms with Gasteiger partial charge in [-0.3, -0.25) is 14.9 Å². The smallest absolute Gasteiger partial charge is 0.315 e. The molecule has 1 aliphatic rings. The van der Waals surface area contributed by atoms with Crippen molar-refractivity contribution in [3.8, 4) is 0 Å². The number of piperidine rings is 1. The fourth-order valence-corrected chi connectivity index (χ4v) is 4.82. The Morgan fingerprint density at radius 3 is 2.60 bits per heavy atom. The van der Waals surface area contributed by atoms with Crippen molar-refractivity contribution in [3.05, 3.63) is 28.3 Å². The Balaban J connectivity index is 2.28. The minimum Gasteiger partial charge on any atom is -0.468 e. The molecule has 1 saturated heterocycles. The molecule has 0 aliphatic carbocycles. The summed E-state index contributed by atoms with van der Waals surface area (Å²) in [7, 11) is -2.54. The third-order valence-corrected chi connectivity index (χ3v) is 7.01. The van der Waals surface area contributed by atoms with E-state index in [9.17, 15) is 23.3 Å². The zero-order valence-electron chi connectivity index (χ0n) is 14.0. The molecule has 10 heteroatoms. The first-order valence-electron chi connectivity index (χ1n) is 7.74. The van der Waals surface area contributed by atoms with Crippen LogP contribution in [0.5, 0.6) is 0 Å². The minimum atomic E-state index is -3.77. The summed E-state index contributed by atoms with van der Waals surface area (Å²) in [5.74, 6) is -0.135. The van der Waals surface area contributed by atoms with Crippen LogP contribution in [0.2, 0.25) is 0 Å². The maximum Gasteiger partial charge on any atom is 0.315 e. The quantitative estimate of drug-likeness (QED) is 0.318. The van der Waals surface area contributed by atoms with Gasteiger partial charge in [-0.25, -0.2) is 8.42 Å². The third kappa shape index (κ3) is 4.71. The van der Waals surface area contributed by atoms with Crippen LogP contribution in [0.15, 0.2) is 28.0 Å². The summed E-state index contributed by atoms with van der Waals surface area (Å²) in [6, 6.07) is 3.78. The molecule has 1 aromatic rings. The van der Waals surface area contributed by atoms with Gasteiger partial charge in [0, 0.05) is 19.2 Å². The molecule has 1 aromatic carbocycles. The number of hydrogen-bond acceptors (Lipinski definition) is 7. The summed E-state index contributed by atoms with van der Waals surface area (Å²) in [6.07, 6.45) is 1.54. The minimum absolute atomic E-state index is 0.0898. The van der Waals surface area contributed by atoms with Crippen LogP contribution in [-0.2, 0) is 19.6 Å². The van der Waals surface area contributed by atoms with Gasteiger partial charge in [0.25, 0.3) is 5.69 Å². The number of nitro groups is 1. The van der Waals surface area contributed by atoms with Gasteiger partial charge in [-0.15, -0.1) is 11.8 Å². The molecule has 1 heterocycles. The second-order valence-corrected chi connectivity index (χ2v) is 8.79. The molecule has 0 radical (unpaired) electrons. The van der Waals surface area contributed by atoms with Crippen LogP contribution in [0.1, 0.15) is 19.8 Å². The lowest BCUT2D eigenvalue weighted by Gasteiger charge is -2.29. The molecular weight excluding hydrogens is 368 g/mol. The zero-order chi connectivity index (χ0) is 18.6. The number of carbonyl (C=O) groups excluding carboxylic acids is 1. The summed E-state index contributed by atoms with van der Waals surface area (Å²) < 4.78 is 31.3. The van der Waals surface area contributed by atoms with E-state index in [1.54, 1.807) is 0 Å². The van der Waals surface area contributed by atoms with Gasteiger partial charge < -0.3 is 4.74 Å². The molecule has 8 nitrogen and oxygen atoms in total. The van der Waals surface area contributed by atoms with Crippen molar-refractivity contribution in [1.29, 1.82) is 0 Å². The molecule has 1 fully saturated rings. The van der Waals surface area contributed by atoms with E-state index in [-0.39, 0.29) is 21.2 Å². The van der Waals surface area contributed by atoms with E-state index in [1.165, 1.54) is 23.5 Å². The second-order valence-electron chi connectivity index (χ2n) is 5.84. The average molecular weight is 388 g/mol. The molecule has 0 unspecified atom stereocenters. The fraction of sp³-hybridized carbons (Fsp3) is 0.533. The number of hydrogen-bond donors (Lipinski definition) is 0. The lowest BCUT2D eigenvalue weighted by Crippen LogP contribution is -2.37. The van der Waals surface area contributed by atoms with Crippen LogP contribution in [0.3, 0.4) is 0 Å². The number of sulfonamides is 1. The number of nitrogens with zero attached hydrogens (tertiary/aromatic N) is 2. The molecule has 25 heavy (non-hydrogen) atoms. The number of carbonyl (C=O) groups is 1. The molecule has 0 aromatic heterocycles. The standard InChI is InChI=1S/C15H20N2O6S2/c1-11-5-7-16(8-6-11)25(21,22)12-3-4-14(13(9-12)17(19)20)24-10-15(18)23-2/h3-4,9,11H,5-8,10H2,1-2H3. The molecule has 138 valence electrons. The van der Waals surface area contributed by atoms with Crippen molar-refractivity contribution < 1.29 is 22.9 Å². The third-order valence-electron chi connectivity index (χ3n) is 4.08. The van der Waals surface area contributed by atoms with Gasteiger partial charge in [-0.05, 0) is 30.9 Å². The van der Waals surface area contributed by atoms with E-state index in [4.69, 9.17) is 0 Å². The van der Waals surface area contributed by atoms with Gasteiger partial charge in [0.15, 0.2) is 0 Å². The number of nitro benzene ring substituents is 1. The number of rotatable bonds is 6. The molecule has 0 bridgehead atoms. The molecule has 0 amide bonds. The Morgan fingerprint density at radius 1 is 1.40 bits per heavy atom. The van der Waals surface area contributed by atoms with E-state index < -0.39 is 20.9 Å². The number of benzene rings is 1. The van der Waals surface area contributed by atoms with Gasteiger partial charge in [0.1, 0.15) is 0 Å². The van der Waals surface area contributed by atoms with E-state index in [0.717, 1.165) is 30.7 Å². The van der Waals surface area contributed by atoms with Gasteiger partial charge in [-0.2, -0.15) is 4.31 Å². The van der Waals surface area contributed by atoms with Crippen molar-refractivity contribution >= 4 is 33.4 Å². The topological polar surface area (TPSA) is 107 Å². The predicted molar refractivity (Wildman–Crippen MR) is 93.0 cm³/mol. The first-order chi connectivity index (χ1) is 11.8. The van der Waals surface area contributed by atoms with Crippen molar-refractivity contribution in [1.82, 2.24) is 4.31 Å². The monoisotopic (exact) mass is 388 g/mol. The molecule has 0 spiro atoms. The number of thioether (sulfide) groups is 1. The second kappa shape index (κ2) is 8.15. The van der Waals surface area contributed by atoms with E-state index in [2.05, 4.69) is 11.7 Å². The van der Waals surface area contributed by atoms with Crippen LogP contribution in [0.4, 0.5) is 5.69 Å². The maximum absolute atomic E-state index is 12.7. The van der Waals surface area contributed by atoms with Crippen molar-refractivity contribution in [3.63, 3.8) is 0 Å². The maximum atomic E-state index is 12.7. The first-order valence-corrected chi connectivity index (χ1v) is 10.2. The summed E-state index contributed by atoms with van der Waals surface area (Å²) in [5, 5.41) is 11.3. The van der Waals surface area contributed by atoms with Crippen molar-refractivity contribution in [2.75, 3.05) is 26.0 Å². The molecule has 0 saturated carbocycles. The Labute approximate surface area is 150 Å². The van der Waals surface area contributed by atoms with Crippen LogP contribution in [0, 0.1) is 16.0 Å². The number of ether oxygens (including phenoxy) is 1. The van der Waals surface area contributed by atoms with E-state index in [1.807, 2.05) is 0 Å². The molecule has 2 rings (SSSR count). The summed E-state index contributed by atoms with van der Waals surface area (Å²) in [6.45, 7) is 2.90. The lowest BCUT2D eigenvalue weighted by molar-refractivity contribution is -0.388. The lowest BCUT2D eigenvalue weighted by atomic mass is 10.0. The van der Waals surface area contributed by atoms with E-state index >= 15 is 0 Å². The molecule has 0 N–H and O–H groups in total.